The van der Waals surface area contributed by atoms with Crippen LogP contribution in [0.25, 0.3) is 0 Å². The zero-order valence-electron chi connectivity index (χ0n) is 9.44. The highest BCUT2D eigenvalue weighted by molar-refractivity contribution is 6.33. The minimum atomic E-state index is -0.518. The van der Waals surface area contributed by atoms with Gasteiger partial charge in [0.15, 0.2) is 0 Å². The number of anilines is 1. The van der Waals surface area contributed by atoms with Gasteiger partial charge in [-0.3, -0.25) is 0 Å². The molecule has 0 saturated carbocycles. The van der Waals surface area contributed by atoms with Crippen LogP contribution in [0.5, 0.6) is 0 Å². The number of benzene rings is 1. The Bertz CT molecular complexity index is 398. The van der Waals surface area contributed by atoms with Crippen molar-refractivity contribution >= 4 is 17.3 Å². The molecule has 0 aliphatic carbocycles. The first-order chi connectivity index (χ1) is 7.56. The minimum Gasteiger partial charge on any atom is -0.389 e. The SMILES string of the molecule is C[C@@H](O)c1ccc(N(C)CCC#N)c(Cl)c1. The van der Waals surface area contributed by atoms with E-state index in [0.29, 0.717) is 18.0 Å². The monoisotopic (exact) mass is 238 g/mol. The van der Waals surface area contributed by atoms with Crippen LogP contribution in [0.4, 0.5) is 5.69 Å². The van der Waals surface area contributed by atoms with E-state index < -0.39 is 6.10 Å². The first kappa shape index (κ1) is 12.8. The third-order valence-corrected chi connectivity index (χ3v) is 2.73. The molecule has 0 fully saturated rings. The number of hydrogen-bond donors (Lipinski definition) is 1. The van der Waals surface area contributed by atoms with Gasteiger partial charge < -0.3 is 10.0 Å². The molecule has 0 aliphatic rings. The first-order valence-corrected chi connectivity index (χ1v) is 5.49. The van der Waals surface area contributed by atoms with Crippen molar-refractivity contribution in [3.05, 3.63) is 28.8 Å². The molecule has 4 heteroatoms. The maximum absolute atomic E-state index is 9.40. The molecule has 0 bridgehead atoms. The van der Waals surface area contributed by atoms with Crippen molar-refractivity contribution in [3.8, 4) is 6.07 Å². The van der Waals surface area contributed by atoms with Crippen molar-refractivity contribution in [3.63, 3.8) is 0 Å². The minimum absolute atomic E-state index is 0.463. The summed E-state index contributed by atoms with van der Waals surface area (Å²) in [5.74, 6) is 0. The summed E-state index contributed by atoms with van der Waals surface area (Å²) in [6.07, 6.45) is -0.0543. The lowest BCUT2D eigenvalue weighted by Gasteiger charge is -2.20. The summed E-state index contributed by atoms with van der Waals surface area (Å²) in [7, 11) is 1.89. The lowest BCUT2D eigenvalue weighted by Crippen LogP contribution is -2.18. The second-order valence-electron chi connectivity index (χ2n) is 3.72. The zero-order chi connectivity index (χ0) is 12.1. The fourth-order valence-electron chi connectivity index (χ4n) is 1.43. The van der Waals surface area contributed by atoms with Gasteiger partial charge in [0.25, 0.3) is 0 Å². The molecule has 0 unspecified atom stereocenters. The number of aliphatic hydroxyl groups excluding tert-OH is 1. The van der Waals surface area contributed by atoms with E-state index in [2.05, 4.69) is 6.07 Å². The van der Waals surface area contributed by atoms with Gasteiger partial charge in [0.1, 0.15) is 0 Å². The summed E-state index contributed by atoms with van der Waals surface area (Å²) in [6.45, 7) is 2.34. The smallest absolute Gasteiger partial charge is 0.0762 e. The Balaban J connectivity index is 2.86. The zero-order valence-corrected chi connectivity index (χ0v) is 10.2. The van der Waals surface area contributed by atoms with Gasteiger partial charge in [0.05, 0.1) is 29.3 Å². The van der Waals surface area contributed by atoms with Gasteiger partial charge in [0, 0.05) is 13.6 Å². The van der Waals surface area contributed by atoms with Crippen molar-refractivity contribution in [1.29, 1.82) is 5.26 Å². The third-order valence-electron chi connectivity index (χ3n) is 2.42. The van der Waals surface area contributed by atoms with Gasteiger partial charge in [0.2, 0.25) is 0 Å². The topological polar surface area (TPSA) is 47.3 Å². The summed E-state index contributed by atoms with van der Waals surface area (Å²) in [4.78, 5) is 1.93. The van der Waals surface area contributed by atoms with Crippen LogP contribution in [0.1, 0.15) is 25.0 Å². The molecule has 0 amide bonds. The second kappa shape index (κ2) is 5.74. The average Bonchev–Trinajstić information content (AvgIpc) is 2.25. The van der Waals surface area contributed by atoms with E-state index in [1.54, 1.807) is 13.0 Å². The molecule has 1 aromatic carbocycles. The standard InChI is InChI=1S/C12H15ClN2O/c1-9(16)10-4-5-12(11(13)8-10)15(2)7-3-6-14/h4-5,8-9,16H,3,7H2,1-2H3/t9-/m1/s1. The summed E-state index contributed by atoms with van der Waals surface area (Å²) >= 11 is 6.11. The van der Waals surface area contributed by atoms with Crippen LogP contribution < -0.4 is 4.90 Å². The van der Waals surface area contributed by atoms with Crippen LogP contribution in [-0.4, -0.2) is 18.7 Å². The Morgan fingerprint density at radius 2 is 2.25 bits per heavy atom. The summed E-state index contributed by atoms with van der Waals surface area (Å²) in [5, 5.41) is 18.5. The van der Waals surface area contributed by atoms with Gasteiger partial charge in [-0.05, 0) is 24.6 Å². The number of rotatable bonds is 4. The fraction of sp³-hybridized carbons (Fsp3) is 0.417. The van der Waals surface area contributed by atoms with Crippen molar-refractivity contribution in [2.75, 3.05) is 18.5 Å². The van der Waals surface area contributed by atoms with Crippen molar-refractivity contribution in [1.82, 2.24) is 0 Å². The number of nitrogens with zero attached hydrogens (tertiary/aromatic N) is 2. The van der Waals surface area contributed by atoms with Crippen LogP contribution in [-0.2, 0) is 0 Å². The van der Waals surface area contributed by atoms with E-state index >= 15 is 0 Å². The normalized spacial score (nSPS) is 11.9. The van der Waals surface area contributed by atoms with Gasteiger partial charge in [-0.15, -0.1) is 0 Å². The maximum atomic E-state index is 9.40. The Kier molecular flexibility index (Phi) is 4.60. The van der Waals surface area contributed by atoms with E-state index in [1.807, 2.05) is 24.1 Å². The van der Waals surface area contributed by atoms with E-state index in [-0.39, 0.29) is 0 Å². The van der Waals surface area contributed by atoms with Gasteiger partial charge >= 0.3 is 0 Å². The van der Waals surface area contributed by atoms with Crippen LogP contribution in [0, 0.1) is 11.3 Å². The van der Waals surface area contributed by atoms with Crippen LogP contribution in [0.3, 0.4) is 0 Å². The lowest BCUT2D eigenvalue weighted by molar-refractivity contribution is 0.199. The molecule has 0 aromatic heterocycles. The van der Waals surface area contributed by atoms with Crippen LogP contribution in [0.15, 0.2) is 18.2 Å². The molecule has 0 radical (unpaired) electrons. The van der Waals surface area contributed by atoms with E-state index in [0.717, 1.165) is 11.3 Å². The van der Waals surface area contributed by atoms with Crippen LogP contribution in [0.2, 0.25) is 5.02 Å². The Hall–Kier alpha value is -1.24. The van der Waals surface area contributed by atoms with E-state index in [9.17, 15) is 5.11 Å². The molecular weight excluding hydrogens is 224 g/mol. The summed E-state index contributed by atoms with van der Waals surface area (Å²) in [6, 6.07) is 7.55. The molecule has 1 aromatic rings. The first-order valence-electron chi connectivity index (χ1n) is 5.12. The van der Waals surface area contributed by atoms with E-state index in [4.69, 9.17) is 16.9 Å². The van der Waals surface area contributed by atoms with Crippen molar-refractivity contribution < 1.29 is 5.11 Å². The number of hydrogen-bond acceptors (Lipinski definition) is 3. The molecule has 0 heterocycles. The lowest BCUT2D eigenvalue weighted by atomic mass is 10.1. The predicted octanol–water partition coefficient (Wildman–Crippen LogP) is 2.74. The second-order valence-corrected chi connectivity index (χ2v) is 4.12. The predicted molar refractivity (Wildman–Crippen MR) is 65.6 cm³/mol. The third kappa shape index (κ3) is 3.13. The molecule has 0 saturated heterocycles. The Morgan fingerprint density at radius 1 is 1.56 bits per heavy atom. The highest BCUT2D eigenvalue weighted by atomic mass is 35.5. The van der Waals surface area contributed by atoms with Gasteiger partial charge in [-0.2, -0.15) is 5.26 Å². The number of halogens is 1. The highest BCUT2D eigenvalue weighted by Crippen LogP contribution is 2.28. The Labute approximate surface area is 101 Å². The molecule has 86 valence electrons. The largest absolute Gasteiger partial charge is 0.389 e. The van der Waals surface area contributed by atoms with Crippen LogP contribution >= 0.6 is 11.6 Å². The molecular formula is C12H15ClN2O. The molecule has 1 atom stereocenters. The average molecular weight is 239 g/mol. The summed E-state index contributed by atoms with van der Waals surface area (Å²) in [5.41, 5.74) is 1.67. The molecule has 1 rings (SSSR count). The molecule has 3 nitrogen and oxygen atoms in total. The molecule has 0 aliphatic heterocycles. The highest BCUT2D eigenvalue weighted by Gasteiger charge is 2.08. The van der Waals surface area contributed by atoms with Crippen molar-refractivity contribution in [2.45, 2.75) is 19.4 Å². The fourth-order valence-corrected chi connectivity index (χ4v) is 1.76. The van der Waals surface area contributed by atoms with Gasteiger partial charge in [-0.25, -0.2) is 0 Å². The number of aliphatic hydroxyl groups is 1. The maximum Gasteiger partial charge on any atom is 0.0762 e. The number of nitriles is 1. The summed E-state index contributed by atoms with van der Waals surface area (Å²) < 4.78 is 0. The molecule has 16 heavy (non-hydrogen) atoms. The molecule has 0 spiro atoms. The van der Waals surface area contributed by atoms with Gasteiger partial charge in [-0.1, -0.05) is 17.7 Å². The van der Waals surface area contributed by atoms with Crippen molar-refractivity contribution in [2.24, 2.45) is 0 Å². The van der Waals surface area contributed by atoms with E-state index in [1.165, 1.54) is 0 Å². The quantitative estimate of drug-likeness (QED) is 0.878. The Morgan fingerprint density at radius 3 is 2.75 bits per heavy atom. The molecule has 1 N–H and O–H groups in total.